The lowest BCUT2D eigenvalue weighted by Crippen LogP contribution is -2.43. The lowest BCUT2D eigenvalue weighted by Gasteiger charge is -2.28. The molecule has 0 radical (unpaired) electrons. The number of carbonyl (C=O) groups is 1. The molecule has 1 saturated carbocycles. The molecule has 0 saturated heterocycles. The maximum absolute atomic E-state index is 12.8. The first-order valence-corrected chi connectivity index (χ1v) is 8.01. The molecule has 0 aromatic heterocycles. The van der Waals surface area contributed by atoms with Crippen LogP contribution in [0, 0.1) is 11.8 Å². The summed E-state index contributed by atoms with van der Waals surface area (Å²) < 4.78 is 0. The first kappa shape index (κ1) is 14.6. The van der Waals surface area contributed by atoms with Crippen LogP contribution in [0.15, 0.2) is 24.3 Å². The lowest BCUT2D eigenvalue weighted by atomic mass is 9.92. The van der Waals surface area contributed by atoms with Gasteiger partial charge in [-0.05, 0) is 56.6 Å². The third kappa shape index (κ3) is 2.71. The van der Waals surface area contributed by atoms with E-state index in [0.29, 0.717) is 24.9 Å². The summed E-state index contributed by atoms with van der Waals surface area (Å²) in [7, 11) is 0. The molecular weight excluding hydrogens is 262 g/mol. The van der Waals surface area contributed by atoms with Crippen LogP contribution in [0.4, 0.5) is 0 Å². The molecule has 2 aliphatic carbocycles. The van der Waals surface area contributed by atoms with Crippen molar-refractivity contribution < 1.29 is 9.90 Å². The number of aliphatic hydroxyl groups is 1. The molecule has 0 bridgehead atoms. The molecule has 1 aromatic carbocycles. The Kier molecular flexibility index (Phi) is 3.56. The topological polar surface area (TPSA) is 40.5 Å². The Hall–Kier alpha value is -1.35. The van der Waals surface area contributed by atoms with Gasteiger partial charge in [-0.3, -0.25) is 4.79 Å². The van der Waals surface area contributed by atoms with Crippen LogP contribution in [0.25, 0.3) is 0 Å². The quantitative estimate of drug-likeness (QED) is 0.924. The van der Waals surface area contributed by atoms with Crippen LogP contribution in [-0.4, -0.2) is 34.6 Å². The van der Waals surface area contributed by atoms with Crippen molar-refractivity contribution in [3.63, 3.8) is 0 Å². The smallest absolute Gasteiger partial charge is 0.226 e. The molecule has 1 N–H and O–H groups in total. The van der Waals surface area contributed by atoms with E-state index in [1.165, 1.54) is 11.1 Å². The molecule has 1 amide bonds. The van der Waals surface area contributed by atoms with Crippen molar-refractivity contribution in [3.8, 4) is 0 Å². The van der Waals surface area contributed by atoms with Gasteiger partial charge in [0.15, 0.2) is 0 Å². The molecule has 3 nitrogen and oxygen atoms in total. The van der Waals surface area contributed by atoms with E-state index in [-0.39, 0.29) is 11.8 Å². The summed E-state index contributed by atoms with van der Waals surface area (Å²) in [6.07, 6.45) is 2.22. The van der Waals surface area contributed by atoms with E-state index in [4.69, 9.17) is 0 Å². The zero-order valence-electron chi connectivity index (χ0n) is 13.2. The third-order valence-corrected chi connectivity index (χ3v) is 4.89. The van der Waals surface area contributed by atoms with E-state index in [1.54, 1.807) is 13.8 Å². The molecular formula is C18H25NO2. The maximum atomic E-state index is 12.8. The van der Waals surface area contributed by atoms with E-state index in [1.807, 2.05) is 11.8 Å². The molecule has 3 heteroatoms. The highest BCUT2D eigenvalue weighted by Gasteiger charge is 2.57. The first-order chi connectivity index (χ1) is 9.92. The highest BCUT2D eigenvalue weighted by Crippen LogP contribution is 2.60. The largest absolute Gasteiger partial charge is 0.389 e. The molecule has 0 heterocycles. The SMILES string of the molecule is CCN(CC(C)(C)O)C(=O)C1C2CCc3ccccc3C21. The molecule has 114 valence electrons. The minimum absolute atomic E-state index is 0.135. The van der Waals surface area contributed by atoms with Gasteiger partial charge in [0, 0.05) is 19.0 Å². The van der Waals surface area contributed by atoms with E-state index in [2.05, 4.69) is 24.3 Å². The Morgan fingerprint density at radius 3 is 2.76 bits per heavy atom. The predicted octanol–water partition coefficient (Wildman–Crippen LogP) is 2.58. The van der Waals surface area contributed by atoms with Gasteiger partial charge in [-0.1, -0.05) is 24.3 Å². The second-order valence-corrected chi connectivity index (χ2v) is 7.12. The Morgan fingerprint density at radius 2 is 2.10 bits per heavy atom. The molecule has 0 aliphatic heterocycles. The van der Waals surface area contributed by atoms with Gasteiger partial charge < -0.3 is 10.0 Å². The second-order valence-electron chi connectivity index (χ2n) is 7.12. The van der Waals surface area contributed by atoms with Crippen LogP contribution >= 0.6 is 0 Å². The zero-order valence-corrected chi connectivity index (χ0v) is 13.2. The minimum Gasteiger partial charge on any atom is -0.389 e. The van der Waals surface area contributed by atoms with Crippen molar-refractivity contribution in [1.82, 2.24) is 4.90 Å². The maximum Gasteiger partial charge on any atom is 0.226 e. The number of amides is 1. The van der Waals surface area contributed by atoms with Crippen LogP contribution in [0.2, 0.25) is 0 Å². The molecule has 3 rings (SSSR count). The molecule has 1 aromatic rings. The summed E-state index contributed by atoms with van der Waals surface area (Å²) >= 11 is 0. The molecule has 3 unspecified atom stereocenters. The molecule has 21 heavy (non-hydrogen) atoms. The summed E-state index contributed by atoms with van der Waals surface area (Å²) in [5.41, 5.74) is 1.97. The predicted molar refractivity (Wildman–Crippen MR) is 83.0 cm³/mol. The normalized spacial score (nSPS) is 26.8. The Balaban J connectivity index is 1.76. The fourth-order valence-corrected chi connectivity index (χ4v) is 3.93. The number of carbonyl (C=O) groups excluding carboxylic acids is 1. The summed E-state index contributed by atoms with van der Waals surface area (Å²) in [6.45, 7) is 6.60. The number of hydrogen-bond donors (Lipinski definition) is 1. The summed E-state index contributed by atoms with van der Waals surface area (Å²) in [5, 5.41) is 9.99. The summed E-state index contributed by atoms with van der Waals surface area (Å²) in [4.78, 5) is 14.6. The number of likely N-dealkylation sites (N-methyl/N-ethyl adjacent to an activating group) is 1. The first-order valence-electron chi connectivity index (χ1n) is 8.01. The number of rotatable bonds is 4. The van der Waals surface area contributed by atoms with Gasteiger partial charge in [0.05, 0.1) is 5.60 Å². The van der Waals surface area contributed by atoms with Crippen molar-refractivity contribution in [2.45, 2.75) is 45.1 Å². The van der Waals surface area contributed by atoms with Gasteiger partial charge in [0.25, 0.3) is 0 Å². The Labute approximate surface area is 127 Å². The minimum atomic E-state index is -0.830. The van der Waals surface area contributed by atoms with Crippen LogP contribution in [0.3, 0.4) is 0 Å². The van der Waals surface area contributed by atoms with E-state index < -0.39 is 5.60 Å². The number of aryl methyl sites for hydroxylation is 1. The molecule has 0 spiro atoms. The second kappa shape index (κ2) is 5.13. The highest BCUT2D eigenvalue weighted by molar-refractivity contribution is 5.84. The van der Waals surface area contributed by atoms with E-state index >= 15 is 0 Å². The standard InChI is InChI=1S/C18H25NO2/c1-4-19(11-18(2,3)21)17(20)16-14-10-9-12-7-5-6-8-13(12)15(14)16/h5-8,14-16,21H,4,9-11H2,1-3H3. The number of benzene rings is 1. The average Bonchev–Trinajstić information content (AvgIpc) is 3.18. The molecule has 3 atom stereocenters. The van der Waals surface area contributed by atoms with E-state index in [0.717, 1.165) is 12.8 Å². The van der Waals surface area contributed by atoms with Gasteiger partial charge in [-0.15, -0.1) is 0 Å². The summed E-state index contributed by atoms with van der Waals surface area (Å²) in [6, 6.07) is 8.55. The van der Waals surface area contributed by atoms with Gasteiger partial charge >= 0.3 is 0 Å². The summed E-state index contributed by atoms with van der Waals surface area (Å²) in [5.74, 6) is 1.30. The van der Waals surface area contributed by atoms with Gasteiger partial charge in [-0.2, -0.15) is 0 Å². The van der Waals surface area contributed by atoms with Crippen molar-refractivity contribution in [2.24, 2.45) is 11.8 Å². The Morgan fingerprint density at radius 1 is 1.38 bits per heavy atom. The van der Waals surface area contributed by atoms with Gasteiger partial charge in [-0.25, -0.2) is 0 Å². The number of nitrogens with zero attached hydrogens (tertiary/aromatic N) is 1. The number of hydrogen-bond acceptors (Lipinski definition) is 2. The van der Waals surface area contributed by atoms with Crippen LogP contribution in [0.5, 0.6) is 0 Å². The van der Waals surface area contributed by atoms with Crippen LogP contribution in [-0.2, 0) is 11.2 Å². The van der Waals surface area contributed by atoms with Crippen molar-refractivity contribution in [1.29, 1.82) is 0 Å². The third-order valence-electron chi connectivity index (χ3n) is 4.89. The van der Waals surface area contributed by atoms with Crippen molar-refractivity contribution in [3.05, 3.63) is 35.4 Å². The monoisotopic (exact) mass is 287 g/mol. The van der Waals surface area contributed by atoms with Crippen LogP contribution < -0.4 is 0 Å². The Bertz CT molecular complexity index is 546. The van der Waals surface area contributed by atoms with Gasteiger partial charge in [0.1, 0.15) is 0 Å². The number of fused-ring (bicyclic) bond motifs is 3. The average molecular weight is 287 g/mol. The van der Waals surface area contributed by atoms with Crippen molar-refractivity contribution in [2.75, 3.05) is 13.1 Å². The highest BCUT2D eigenvalue weighted by atomic mass is 16.3. The zero-order chi connectivity index (χ0) is 15.2. The van der Waals surface area contributed by atoms with Gasteiger partial charge in [0.2, 0.25) is 5.91 Å². The molecule has 1 fully saturated rings. The fraction of sp³-hybridized carbons (Fsp3) is 0.611. The fourth-order valence-electron chi connectivity index (χ4n) is 3.93. The van der Waals surface area contributed by atoms with E-state index in [9.17, 15) is 9.90 Å². The van der Waals surface area contributed by atoms with Crippen LogP contribution in [0.1, 0.15) is 44.2 Å². The lowest BCUT2D eigenvalue weighted by molar-refractivity contribution is -0.135. The molecule has 2 aliphatic rings. The van der Waals surface area contributed by atoms with Crippen molar-refractivity contribution >= 4 is 5.91 Å².